The Balaban J connectivity index is 1.58. The molecule has 1 aliphatic heterocycles. The number of benzene rings is 2. The maximum atomic E-state index is 13.3. The van der Waals surface area contributed by atoms with E-state index in [1.807, 2.05) is 19.1 Å². The second kappa shape index (κ2) is 10.3. The number of rotatable bonds is 7. The van der Waals surface area contributed by atoms with E-state index in [2.05, 4.69) is 4.98 Å². The molecule has 0 spiro atoms. The third-order valence-corrected chi connectivity index (χ3v) is 6.95. The molecule has 35 heavy (non-hydrogen) atoms. The highest BCUT2D eigenvalue weighted by molar-refractivity contribution is 7.99. The molecule has 0 radical (unpaired) electrons. The second-order valence-corrected chi connectivity index (χ2v) is 8.89. The molecule has 0 saturated carbocycles. The van der Waals surface area contributed by atoms with E-state index in [0.717, 1.165) is 29.0 Å². The average Bonchev–Trinajstić information content (AvgIpc) is 2.86. The normalized spacial score (nSPS) is 14.9. The number of fused-ring (bicyclic) bond motifs is 1. The first kappa shape index (κ1) is 24.5. The van der Waals surface area contributed by atoms with Crippen LogP contribution in [0.2, 0.25) is 0 Å². The molecule has 0 bridgehead atoms. The fourth-order valence-corrected chi connectivity index (χ4v) is 5.17. The van der Waals surface area contributed by atoms with Gasteiger partial charge < -0.3 is 24.2 Å². The third-order valence-electron chi connectivity index (χ3n) is 6.03. The lowest BCUT2D eigenvalue weighted by Gasteiger charge is -2.35. The van der Waals surface area contributed by atoms with Crippen LogP contribution in [0.5, 0.6) is 23.1 Å². The topological polar surface area (TPSA) is 103 Å². The molecule has 1 atom stereocenters. The van der Waals surface area contributed by atoms with Gasteiger partial charge in [0.25, 0.3) is 5.56 Å². The molecule has 1 aromatic heterocycles. The smallest absolute Gasteiger partial charge is 0.262 e. The van der Waals surface area contributed by atoms with Crippen molar-refractivity contribution in [2.75, 3.05) is 33.6 Å². The molecule has 0 saturated heterocycles. The van der Waals surface area contributed by atoms with Gasteiger partial charge in [0, 0.05) is 6.54 Å². The van der Waals surface area contributed by atoms with Crippen molar-refractivity contribution in [3.63, 3.8) is 0 Å². The molecule has 1 aliphatic rings. The quantitative estimate of drug-likeness (QED) is 0.392. The number of carbonyl (C=O) groups excluding carboxylic acids is 1. The number of ether oxygens (including phenoxy) is 3. The summed E-state index contributed by atoms with van der Waals surface area (Å²) in [5.41, 5.74) is 2.13. The molecule has 2 heterocycles. The summed E-state index contributed by atoms with van der Waals surface area (Å²) >= 11 is 1.09. The zero-order valence-electron chi connectivity index (χ0n) is 20.0. The molecule has 0 unspecified atom stereocenters. The number of hydrogen-bond donors (Lipinski definition) is 1. The summed E-state index contributed by atoms with van der Waals surface area (Å²) in [6.45, 7) is 2.53. The van der Waals surface area contributed by atoms with Gasteiger partial charge in [-0.05, 0) is 48.7 Å². The van der Waals surface area contributed by atoms with E-state index in [1.54, 1.807) is 43.4 Å². The number of thioether (sulfide) groups is 1. The molecule has 10 heteroatoms. The van der Waals surface area contributed by atoms with Crippen molar-refractivity contribution in [1.82, 2.24) is 14.5 Å². The van der Waals surface area contributed by atoms with Crippen LogP contribution in [-0.2, 0) is 11.2 Å². The first-order valence-electron chi connectivity index (χ1n) is 11.0. The molecule has 0 aliphatic carbocycles. The van der Waals surface area contributed by atoms with Crippen LogP contribution in [0.15, 0.2) is 52.4 Å². The Morgan fingerprint density at radius 3 is 2.49 bits per heavy atom. The van der Waals surface area contributed by atoms with Gasteiger partial charge in [0.2, 0.25) is 11.8 Å². The molecular formula is C25H27N3O6S. The number of methoxy groups -OCH3 is 3. The Bertz CT molecular complexity index is 1310. The van der Waals surface area contributed by atoms with Crippen LogP contribution in [0.4, 0.5) is 0 Å². The van der Waals surface area contributed by atoms with Crippen molar-refractivity contribution in [2.24, 2.45) is 0 Å². The lowest BCUT2D eigenvalue weighted by atomic mass is 9.93. The van der Waals surface area contributed by atoms with Gasteiger partial charge >= 0.3 is 0 Å². The fraction of sp³-hybridized carbons (Fsp3) is 0.320. The molecule has 0 fully saturated rings. The average molecular weight is 498 g/mol. The summed E-state index contributed by atoms with van der Waals surface area (Å²) in [7, 11) is 4.69. The van der Waals surface area contributed by atoms with Gasteiger partial charge in [-0.3, -0.25) is 14.2 Å². The maximum Gasteiger partial charge on any atom is 0.262 e. The minimum atomic E-state index is -0.474. The van der Waals surface area contributed by atoms with E-state index in [4.69, 9.17) is 14.2 Å². The van der Waals surface area contributed by atoms with Crippen molar-refractivity contribution < 1.29 is 24.1 Å². The van der Waals surface area contributed by atoms with Crippen LogP contribution in [0, 0.1) is 0 Å². The lowest BCUT2D eigenvalue weighted by molar-refractivity contribution is -0.130. The molecular weight excluding hydrogens is 470 g/mol. The molecule has 1 N–H and O–H groups in total. The standard InChI is InChI=1S/C25H27N3O6S/c1-15-17-12-21(34-4)20(33-3)11-16(17)9-10-27(15)24(31)14-35-25-26-22(29)13-23(30)28(25)18-7-5-6-8-19(18)32-2/h5-8,11-13,15,29H,9-10,14H2,1-4H3/t15-/m1/s1. The zero-order valence-corrected chi connectivity index (χ0v) is 20.8. The van der Waals surface area contributed by atoms with E-state index >= 15 is 0 Å². The van der Waals surface area contributed by atoms with Gasteiger partial charge in [0.05, 0.1) is 44.9 Å². The van der Waals surface area contributed by atoms with Gasteiger partial charge in [0.1, 0.15) is 5.75 Å². The minimum absolute atomic E-state index is 0.0397. The van der Waals surface area contributed by atoms with Crippen molar-refractivity contribution in [3.8, 4) is 28.8 Å². The minimum Gasteiger partial charge on any atom is -0.495 e. The van der Waals surface area contributed by atoms with Crippen LogP contribution >= 0.6 is 11.8 Å². The molecule has 184 valence electrons. The van der Waals surface area contributed by atoms with Crippen LogP contribution in [0.1, 0.15) is 24.1 Å². The van der Waals surface area contributed by atoms with Gasteiger partial charge in [-0.25, -0.2) is 0 Å². The number of carbonyl (C=O) groups is 1. The third kappa shape index (κ3) is 4.79. The Hall–Kier alpha value is -3.66. The van der Waals surface area contributed by atoms with E-state index < -0.39 is 11.4 Å². The molecule has 3 aromatic rings. The zero-order chi connectivity index (χ0) is 25.1. The summed E-state index contributed by atoms with van der Waals surface area (Å²) in [5, 5.41) is 10.2. The Kier molecular flexibility index (Phi) is 7.20. The Morgan fingerprint density at radius 1 is 1.09 bits per heavy atom. The highest BCUT2D eigenvalue weighted by atomic mass is 32.2. The molecule has 1 amide bonds. The number of aromatic nitrogens is 2. The summed E-state index contributed by atoms with van der Waals surface area (Å²) < 4.78 is 17.6. The summed E-state index contributed by atoms with van der Waals surface area (Å²) in [4.78, 5) is 31.9. The SMILES string of the molecule is COc1cc2c(cc1OC)[C@@H](C)N(C(=O)CSc1nc(O)cc(=O)n1-c1ccccc1OC)CC2. The second-order valence-electron chi connectivity index (χ2n) is 7.95. The number of hydrogen-bond acceptors (Lipinski definition) is 8. The summed E-state index contributed by atoms with van der Waals surface area (Å²) in [6.07, 6.45) is 0.687. The van der Waals surface area contributed by atoms with Crippen LogP contribution in [0.25, 0.3) is 5.69 Å². The first-order valence-corrected chi connectivity index (χ1v) is 12.0. The fourth-order valence-electron chi connectivity index (χ4n) is 4.28. The van der Waals surface area contributed by atoms with Crippen molar-refractivity contribution in [2.45, 2.75) is 24.5 Å². The van der Waals surface area contributed by atoms with Gasteiger partial charge in [-0.15, -0.1) is 0 Å². The van der Waals surface area contributed by atoms with Gasteiger partial charge in [-0.1, -0.05) is 23.9 Å². The van der Waals surface area contributed by atoms with Crippen molar-refractivity contribution >= 4 is 17.7 Å². The highest BCUT2D eigenvalue weighted by Gasteiger charge is 2.29. The first-order chi connectivity index (χ1) is 16.9. The predicted octanol–water partition coefficient (Wildman–Crippen LogP) is 3.20. The van der Waals surface area contributed by atoms with Crippen molar-refractivity contribution in [3.05, 3.63) is 63.9 Å². The van der Waals surface area contributed by atoms with Crippen molar-refractivity contribution in [1.29, 1.82) is 0 Å². The number of para-hydroxylation sites is 2. The van der Waals surface area contributed by atoms with Crippen LogP contribution < -0.4 is 19.8 Å². The van der Waals surface area contributed by atoms with E-state index in [0.29, 0.717) is 35.9 Å². The summed E-state index contributed by atoms with van der Waals surface area (Å²) in [6, 6.07) is 11.8. The number of aromatic hydroxyl groups is 1. The monoisotopic (exact) mass is 497 g/mol. The lowest BCUT2D eigenvalue weighted by Crippen LogP contribution is -2.40. The Labute approximate surface area is 207 Å². The predicted molar refractivity (Wildman–Crippen MR) is 132 cm³/mol. The molecule has 4 rings (SSSR count). The highest BCUT2D eigenvalue weighted by Crippen LogP contribution is 2.38. The summed E-state index contributed by atoms with van der Waals surface area (Å²) in [5.74, 6) is 1.29. The van der Waals surface area contributed by atoms with E-state index in [1.165, 1.54) is 11.7 Å². The largest absolute Gasteiger partial charge is 0.495 e. The maximum absolute atomic E-state index is 13.3. The van der Waals surface area contributed by atoms with E-state index in [-0.39, 0.29) is 22.9 Å². The molecule has 2 aromatic carbocycles. The molecule has 9 nitrogen and oxygen atoms in total. The van der Waals surface area contributed by atoms with Crippen LogP contribution in [0.3, 0.4) is 0 Å². The van der Waals surface area contributed by atoms with Gasteiger partial charge in [-0.2, -0.15) is 4.98 Å². The Morgan fingerprint density at radius 2 is 1.77 bits per heavy atom. The number of nitrogens with zero attached hydrogens (tertiary/aromatic N) is 3. The van der Waals surface area contributed by atoms with E-state index in [9.17, 15) is 14.7 Å². The van der Waals surface area contributed by atoms with Crippen LogP contribution in [-0.4, -0.2) is 59.1 Å². The number of amides is 1. The van der Waals surface area contributed by atoms with Gasteiger partial charge in [0.15, 0.2) is 16.7 Å².